The van der Waals surface area contributed by atoms with Crippen molar-refractivity contribution in [2.24, 2.45) is 0 Å². The first kappa shape index (κ1) is 14.0. The van der Waals surface area contributed by atoms with E-state index in [9.17, 15) is 14.3 Å². The van der Waals surface area contributed by atoms with Crippen molar-refractivity contribution in [3.63, 3.8) is 0 Å². The molecule has 2 amide bonds. The Labute approximate surface area is 116 Å². The number of carbonyl (C=O) groups is 1. The molecule has 2 rings (SSSR count). The van der Waals surface area contributed by atoms with Gasteiger partial charge in [0.2, 0.25) is 0 Å². The summed E-state index contributed by atoms with van der Waals surface area (Å²) in [5.74, 6) is -0.492. The number of nitrogens with one attached hydrogen (secondary N) is 2. The fraction of sp³-hybridized carbons (Fsp3) is 0.133. The first-order valence-electron chi connectivity index (χ1n) is 6.18. The fourth-order valence-corrected chi connectivity index (χ4v) is 1.72. The van der Waals surface area contributed by atoms with Crippen molar-refractivity contribution in [2.75, 3.05) is 17.2 Å². The summed E-state index contributed by atoms with van der Waals surface area (Å²) in [6, 6.07) is 12.4. The molecule has 4 nitrogen and oxygen atoms in total. The molecule has 0 spiro atoms. The molecule has 0 bridgehead atoms. The average Bonchev–Trinajstić information content (AvgIpc) is 2.44. The molecule has 0 fully saturated rings. The third-order valence-electron chi connectivity index (χ3n) is 2.72. The van der Waals surface area contributed by atoms with Gasteiger partial charge in [-0.05, 0) is 36.2 Å². The van der Waals surface area contributed by atoms with E-state index in [0.717, 1.165) is 5.56 Å². The molecular weight excluding hydrogens is 259 g/mol. The number of amides is 2. The molecule has 2 aromatic carbocycles. The number of hydrogen-bond donors (Lipinski definition) is 2. The van der Waals surface area contributed by atoms with Crippen LogP contribution in [0.25, 0.3) is 0 Å². The Morgan fingerprint density at radius 1 is 1.00 bits per heavy atom. The maximum Gasteiger partial charge on any atom is 0.323 e. The lowest BCUT2D eigenvalue weighted by molar-refractivity contribution is 0.197. The standard InChI is InChI=1S/C15H14FN2O2/c16-13-3-1-2-4-14(13)18-15(20)17-12-7-5-11(6-8-12)9-10-19/h1-8H,9-10H2,(H2,17,18,20). The zero-order valence-corrected chi connectivity index (χ0v) is 10.7. The molecule has 0 aliphatic heterocycles. The van der Waals surface area contributed by atoms with Crippen molar-refractivity contribution in [3.05, 3.63) is 59.9 Å². The van der Waals surface area contributed by atoms with Crippen LogP contribution in [0.15, 0.2) is 48.5 Å². The third-order valence-corrected chi connectivity index (χ3v) is 2.72. The van der Waals surface area contributed by atoms with Crippen LogP contribution < -0.4 is 10.6 Å². The maximum atomic E-state index is 13.4. The second kappa shape index (κ2) is 6.68. The highest BCUT2D eigenvalue weighted by molar-refractivity contribution is 5.99. The van der Waals surface area contributed by atoms with Crippen LogP contribution >= 0.6 is 0 Å². The quantitative estimate of drug-likeness (QED) is 0.880. The molecule has 0 aromatic heterocycles. The van der Waals surface area contributed by atoms with Crippen LogP contribution in [0.1, 0.15) is 5.56 Å². The third kappa shape index (κ3) is 3.80. The zero-order valence-electron chi connectivity index (χ0n) is 10.7. The van der Waals surface area contributed by atoms with Gasteiger partial charge in [0, 0.05) is 5.69 Å². The van der Waals surface area contributed by atoms with Crippen molar-refractivity contribution in [1.82, 2.24) is 0 Å². The van der Waals surface area contributed by atoms with Gasteiger partial charge >= 0.3 is 6.03 Å². The van der Waals surface area contributed by atoms with E-state index in [4.69, 9.17) is 0 Å². The van der Waals surface area contributed by atoms with E-state index in [1.165, 1.54) is 12.1 Å². The normalized spacial score (nSPS) is 10.1. The van der Waals surface area contributed by atoms with Gasteiger partial charge in [0.15, 0.2) is 0 Å². The van der Waals surface area contributed by atoms with Crippen molar-refractivity contribution in [2.45, 2.75) is 6.42 Å². The van der Waals surface area contributed by atoms with Gasteiger partial charge in [-0.2, -0.15) is 0 Å². The predicted octanol–water partition coefficient (Wildman–Crippen LogP) is 3.44. The number of urea groups is 1. The van der Waals surface area contributed by atoms with E-state index >= 15 is 0 Å². The van der Waals surface area contributed by atoms with Gasteiger partial charge in [-0.1, -0.05) is 24.3 Å². The van der Waals surface area contributed by atoms with Crippen molar-refractivity contribution < 1.29 is 14.3 Å². The minimum Gasteiger partial charge on any atom is -0.308 e. The number of anilines is 2. The molecule has 0 aliphatic rings. The van der Waals surface area contributed by atoms with Crippen LogP contribution in [0.5, 0.6) is 0 Å². The number of rotatable bonds is 4. The number of carbonyl (C=O) groups excluding carboxylic acids is 1. The second-order valence-corrected chi connectivity index (χ2v) is 4.21. The number of hydrogen-bond acceptors (Lipinski definition) is 1. The van der Waals surface area contributed by atoms with Gasteiger partial charge < -0.3 is 10.6 Å². The van der Waals surface area contributed by atoms with Gasteiger partial charge in [-0.3, -0.25) is 0 Å². The lowest BCUT2D eigenvalue weighted by Gasteiger charge is -2.08. The van der Waals surface area contributed by atoms with Crippen LogP contribution in [-0.4, -0.2) is 12.6 Å². The highest BCUT2D eigenvalue weighted by atomic mass is 19.1. The summed E-state index contributed by atoms with van der Waals surface area (Å²) in [7, 11) is 0. The maximum absolute atomic E-state index is 13.4. The molecule has 0 saturated heterocycles. The minimum absolute atomic E-state index is 0.118. The molecule has 1 radical (unpaired) electrons. The molecule has 20 heavy (non-hydrogen) atoms. The Morgan fingerprint density at radius 2 is 1.70 bits per heavy atom. The van der Waals surface area contributed by atoms with Crippen LogP contribution in [-0.2, 0) is 11.5 Å². The first-order valence-corrected chi connectivity index (χ1v) is 6.18. The van der Waals surface area contributed by atoms with E-state index in [-0.39, 0.29) is 12.3 Å². The Kier molecular flexibility index (Phi) is 4.68. The molecule has 0 saturated carbocycles. The van der Waals surface area contributed by atoms with Crippen LogP contribution in [0, 0.1) is 5.82 Å². The van der Waals surface area contributed by atoms with E-state index in [1.807, 2.05) is 0 Å². The lowest BCUT2D eigenvalue weighted by Crippen LogP contribution is -2.20. The largest absolute Gasteiger partial charge is 0.323 e. The molecule has 5 heteroatoms. The van der Waals surface area contributed by atoms with Crippen molar-refractivity contribution in [3.8, 4) is 0 Å². The summed E-state index contributed by atoms with van der Waals surface area (Å²) in [6.45, 7) is -0.166. The van der Waals surface area contributed by atoms with Crippen LogP contribution in [0.2, 0.25) is 0 Å². The monoisotopic (exact) mass is 273 g/mol. The molecule has 2 N–H and O–H groups in total. The summed E-state index contributed by atoms with van der Waals surface area (Å²) in [5.41, 5.74) is 1.61. The number of halogens is 1. The van der Waals surface area contributed by atoms with Crippen molar-refractivity contribution in [1.29, 1.82) is 0 Å². The smallest absolute Gasteiger partial charge is 0.308 e. The molecule has 0 heterocycles. The van der Waals surface area contributed by atoms with Crippen LogP contribution in [0.4, 0.5) is 20.6 Å². The highest BCUT2D eigenvalue weighted by Gasteiger charge is 2.06. The van der Waals surface area contributed by atoms with Crippen LogP contribution in [0.3, 0.4) is 0 Å². The summed E-state index contributed by atoms with van der Waals surface area (Å²) < 4.78 is 13.4. The SMILES string of the molecule is [O]CCc1ccc(NC(=O)Nc2ccccc2F)cc1. The Bertz CT molecular complexity index is 585. The summed E-state index contributed by atoms with van der Waals surface area (Å²) >= 11 is 0. The summed E-state index contributed by atoms with van der Waals surface area (Å²) in [6.07, 6.45) is 0.460. The Balaban J connectivity index is 1.96. The predicted molar refractivity (Wildman–Crippen MR) is 74.7 cm³/mol. The van der Waals surface area contributed by atoms with Gasteiger partial charge in [-0.25, -0.2) is 14.3 Å². The van der Waals surface area contributed by atoms with Gasteiger partial charge in [0.1, 0.15) is 5.82 Å². The number of benzene rings is 2. The molecule has 2 aromatic rings. The van der Waals surface area contributed by atoms with Gasteiger partial charge in [0.25, 0.3) is 0 Å². The Morgan fingerprint density at radius 3 is 2.35 bits per heavy atom. The van der Waals surface area contributed by atoms with Gasteiger partial charge in [-0.15, -0.1) is 0 Å². The number of para-hydroxylation sites is 1. The van der Waals surface area contributed by atoms with Gasteiger partial charge in [0.05, 0.1) is 12.3 Å². The highest BCUT2D eigenvalue weighted by Crippen LogP contribution is 2.14. The molecule has 0 aliphatic carbocycles. The lowest BCUT2D eigenvalue weighted by atomic mass is 10.1. The summed E-state index contributed by atoms with van der Waals surface area (Å²) in [4.78, 5) is 11.7. The van der Waals surface area contributed by atoms with E-state index in [2.05, 4.69) is 10.6 Å². The fourth-order valence-electron chi connectivity index (χ4n) is 1.72. The summed E-state index contributed by atoms with van der Waals surface area (Å²) in [5, 5.41) is 15.5. The van der Waals surface area contributed by atoms with E-state index in [0.29, 0.717) is 12.1 Å². The van der Waals surface area contributed by atoms with E-state index in [1.54, 1.807) is 36.4 Å². The molecular formula is C15H14FN2O2. The molecule has 0 unspecified atom stereocenters. The van der Waals surface area contributed by atoms with Crippen molar-refractivity contribution >= 4 is 17.4 Å². The first-order chi connectivity index (χ1) is 9.69. The molecule has 0 atom stereocenters. The second-order valence-electron chi connectivity index (χ2n) is 4.21. The minimum atomic E-state index is -0.522. The Hall–Kier alpha value is -2.40. The zero-order chi connectivity index (χ0) is 14.4. The van der Waals surface area contributed by atoms with E-state index < -0.39 is 11.8 Å². The topological polar surface area (TPSA) is 61.0 Å². The average molecular weight is 273 g/mol. The molecule has 103 valence electrons.